The first-order valence-electron chi connectivity index (χ1n) is 15.8. The average molecular weight is 653 g/mol. The lowest BCUT2D eigenvalue weighted by molar-refractivity contribution is -0.150. The summed E-state index contributed by atoms with van der Waals surface area (Å²) in [5, 5.41) is 11.8. The predicted octanol–water partition coefficient (Wildman–Crippen LogP) is 3.01. The monoisotopic (exact) mass is 652 g/mol. The number of aryl methyl sites for hydroxylation is 1. The number of urea groups is 1. The van der Waals surface area contributed by atoms with Crippen LogP contribution in [0.1, 0.15) is 57.6 Å². The van der Waals surface area contributed by atoms with Gasteiger partial charge in [-0.1, -0.05) is 48.5 Å². The van der Waals surface area contributed by atoms with Gasteiger partial charge in [0.2, 0.25) is 11.8 Å². The first-order chi connectivity index (χ1) is 22.3. The van der Waals surface area contributed by atoms with Crippen LogP contribution in [0.2, 0.25) is 0 Å². The minimum absolute atomic E-state index is 0.0362. The first kappa shape index (κ1) is 36.8. The number of rotatable bonds is 14. The largest absolute Gasteiger partial charge is 0.469 e. The van der Waals surface area contributed by atoms with Crippen LogP contribution >= 0.6 is 0 Å². The van der Waals surface area contributed by atoms with Gasteiger partial charge in [-0.3, -0.25) is 19.7 Å². The van der Waals surface area contributed by atoms with Gasteiger partial charge in [-0.15, -0.1) is 0 Å². The Hall–Kier alpha value is -4.65. The molecule has 13 heteroatoms. The summed E-state index contributed by atoms with van der Waals surface area (Å²) < 4.78 is 10.4. The molecule has 1 aliphatic heterocycles. The molecule has 5 amide bonds. The third-order valence-electron chi connectivity index (χ3n) is 7.77. The Bertz CT molecular complexity index is 1380. The molecule has 256 valence electrons. The van der Waals surface area contributed by atoms with Gasteiger partial charge in [0.05, 0.1) is 19.6 Å². The molecule has 2 aromatic rings. The maximum atomic E-state index is 13.7. The zero-order valence-corrected chi connectivity index (χ0v) is 27.8. The molecule has 3 rings (SSSR count). The van der Waals surface area contributed by atoms with Gasteiger partial charge in [-0.2, -0.15) is 0 Å². The fraction of sp³-hybridized carbons (Fsp3) is 0.500. The lowest BCUT2D eigenvalue weighted by Gasteiger charge is -2.44. The van der Waals surface area contributed by atoms with Crippen molar-refractivity contribution in [3.63, 3.8) is 0 Å². The molecule has 4 atom stereocenters. The van der Waals surface area contributed by atoms with Crippen LogP contribution in [0.15, 0.2) is 54.6 Å². The van der Waals surface area contributed by atoms with Gasteiger partial charge in [-0.05, 0) is 64.2 Å². The van der Waals surface area contributed by atoms with Gasteiger partial charge >= 0.3 is 18.1 Å². The highest BCUT2D eigenvalue weighted by atomic mass is 16.6. The van der Waals surface area contributed by atoms with E-state index in [2.05, 4.69) is 21.3 Å². The fourth-order valence-electron chi connectivity index (χ4n) is 5.41. The second kappa shape index (κ2) is 17.3. The normalized spacial score (nSPS) is 17.6. The van der Waals surface area contributed by atoms with Crippen LogP contribution in [0, 0.1) is 6.92 Å². The molecule has 47 heavy (non-hydrogen) atoms. The number of methoxy groups -OCH3 is 1. The molecule has 6 N–H and O–H groups in total. The van der Waals surface area contributed by atoms with Crippen LogP contribution < -0.4 is 27.0 Å². The van der Waals surface area contributed by atoms with Crippen LogP contribution in [0.4, 0.5) is 15.3 Å². The van der Waals surface area contributed by atoms with Crippen molar-refractivity contribution in [3.05, 3.63) is 65.7 Å². The number of nitrogens with zero attached hydrogens (tertiary/aromatic N) is 1. The van der Waals surface area contributed by atoms with E-state index in [0.29, 0.717) is 25.8 Å². The Labute approximate surface area is 276 Å². The average Bonchev–Trinajstić information content (AvgIpc) is 3.01. The summed E-state index contributed by atoms with van der Waals surface area (Å²) in [6.07, 6.45) is 0.862. The molecule has 1 saturated heterocycles. The number of nitrogens with two attached hydrogens (primary N) is 1. The molecule has 0 saturated carbocycles. The molecule has 13 nitrogen and oxygen atoms in total. The van der Waals surface area contributed by atoms with Crippen molar-refractivity contribution in [2.24, 2.45) is 5.73 Å². The van der Waals surface area contributed by atoms with E-state index < -0.39 is 53.6 Å². The van der Waals surface area contributed by atoms with E-state index >= 15 is 0 Å². The summed E-state index contributed by atoms with van der Waals surface area (Å²) in [7, 11) is 1.23. The zero-order valence-electron chi connectivity index (χ0n) is 27.8. The van der Waals surface area contributed by atoms with E-state index in [1.807, 2.05) is 61.5 Å². The second-order valence-electron chi connectivity index (χ2n) is 12.6. The van der Waals surface area contributed by atoms with Gasteiger partial charge < -0.3 is 36.1 Å². The third-order valence-corrected chi connectivity index (χ3v) is 7.77. The summed E-state index contributed by atoms with van der Waals surface area (Å²) in [5.74, 6) is -1.76. The standard InChI is InChI=1S/C34H48N6O7/c1-22-13-9-10-16-24(22)38-32(44)36-18-12-11-17-25(39-33(45)47-34(2,3)4)27-21-40(31(43)26(37-27)20-29(41)46-5)28(30(35)42)19-23-14-7-6-8-15-23/h6-10,13-16,25-28,37H,11-12,17-21H2,1-5H3,(H2,35,42)(H,39,45)(H2,36,38,44)/t25-,26-,27+,28-/m0/s1. The molecule has 0 aliphatic carbocycles. The maximum Gasteiger partial charge on any atom is 0.407 e. The summed E-state index contributed by atoms with van der Waals surface area (Å²) >= 11 is 0. The predicted molar refractivity (Wildman–Crippen MR) is 177 cm³/mol. The number of alkyl carbamates (subject to hydrolysis) is 1. The highest BCUT2D eigenvalue weighted by Crippen LogP contribution is 2.21. The van der Waals surface area contributed by atoms with Gasteiger partial charge in [0, 0.05) is 37.3 Å². The summed E-state index contributed by atoms with van der Waals surface area (Å²) in [5.41, 5.74) is 7.56. The molecule has 1 aliphatic rings. The molecule has 0 radical (unpaired) electrons. The number of hydrogen-bond donors (Lipinski definition) is 5. The topological polar surface area (TPSA) is 181 Å². The van der Waals surface area contributed by atoms with Crippen molar-refractivity contribution in [3.8, 4) is 0 Å². The molecular formula is C34H48N6O7. The van der Waals surface area contributed by atoms with Crippen LogP contribution in [0.5, 0.6) is 0 Å². The van der Waals surface area contributed by atoms with Crippen LogP contribution in [0.3, 0.4) is 0 Å². The molecular weight excluding hydrogens is 604 g/mol. The maximum absolute atomic E-state index is 13.7. The highest BCUT2D eigenvalue weighted by Gasteiger charge is 2.43. The molecule has 1 heterocycles. The number of amides is 5. The van der Waals surface area contributed by atoms with E-state index in [0.717, 1.165) is 16.8 Å². The van der Waals surface area contributed by atoms with Crippen molar-refractivity contribution in [2.75, 3.05) is 25.5 Å². The number of unbranched alkanes of at least 4 members (excludes halogenated alkanes) is 1. The van der Waals surface area contributed by atoms with Gasteiger partial charge in [0.15, 0.2) is 0 Å². The molecule has 0 spiro atoms. The van der Waals surface area contributed by atoms with E-state index in [1.165, 1.54) is 12.0 Å². The summed E-state index contributed by atoms with van der Waals surface area (Å²) in [4.78, 5) is 65.6. The number of nitrogens with one attached hydrogen (secondary N) is 4. The van der Waals surface area contributed by atoms with Crippen molar-refractivity contribution in [1.82, 2.24) is 20.9 Å². The van der Waals surface area contributed by atoms with Crippen LogP contribution in [-0.2, 0) is 30.3 Å². The highest BCUT2D eigenvalue weighted by molar-refractivity contribution is 5.92. The molecule has 0 bridgehead atoms. The number of benzene rings is 2. The zero-order chi connectivity index (χ0) is 34.6. The minimum Gasteiger partial charge on any atom is -0.469 e. The Kier molecular flexibility index (Phi) is 13.6. The van der Waals surface area contributed by atoms with Crippen molar-refractivity contribution < 1.29 is 33.4 Å². The van der Waals surface area contributed by atoms with Gasteiger partial charge in [-0.25, -0.2) is 9.59 Å². The van der Waals surface area contributed by atoms with E-state index in [4.69, 9.17) is 15.2 Å². The Morgan fingerprint density at radius 1 is 1.04 bits per heavy atom. The lowest BCUT2D eigenvalue weighted by Crippen LogP contribution is -2.69. The van der Waals surface area contributed by atoms with E-state index in [-0.39, 0.29) is 25.4 Å². The van der Waals surface area contributed by atoms with Gasteiger partial charge in [0.1, 0.15) is 11.6 Å². The number of para-hydroxylation sites is 1. The quantitative estimate of drug-likeness (QED) is 0.153. The number of piperazine rings is 1. The molecule has 2 aromatic carbocycles. The molecule has 1 fully saturated rings. The number of hydrogen-bond acceptors (Lipinski definition) is 8. The van der Waals surface area contributed by atoms with Crippen molar-refractivity contribution in [1.29, 1.82) is 0 Å². The summed E-state index contributed by atoms with van der Waals surface area (Å²) in [6, 6.07) is 13.2. The number of carbonyl (C=O) groups excluding carboxylic acids is 5. The number of carbonyl (C=O) groups is 5. The smallest absolute Gasteiger partial charge is 0.407 e. The Morgan fingerprint density at radius 3 is 2.36 bits per heavy atom. The van der Waals surface area contributed by atoms with Crippen LogP contribution in [-0.4, -0.2) is 84.8 Å². The number of esters is 1. The van der Waals surface area contributed by atoms with E-state index in [9.17, 15) is 24.0 Å². The van der Waals surface area contributed by atoms with Gasteiger partial charge in [0.25, 0.3) is 0 Å². The SMILES string of the molecule is COC(=O)C[C@@H]1N[C@@H]([C@H](CCCCNC(=O)Nc2ccccc2C)NC(=O)OC(C)(C)C)CN([C@@H](Cc2ccccc2)C(N)=O)C1=O. The lowest BCUT2D eigenvalue weighted by atomic mass is 9.93. The van der Waals surface area contributed by atoms with Crippen molar-refractivity contribution >= 4 is 35.6 Å². The Balaban J connectivity index is 1.77. The van der Waals surface area contributed by atoms with Crippen molar-refractivity contribution in [2.45, 2.75) is 89.6 Å². The number of primary amides is 1. The fourth-order valence-corrected chi connectivity index (χ4v) is 5.41. The Morgan fingerprint density at radius 2 is 1.72 bits per heavy atom. The molecule has 0 unspecified atom stereocenters. The second-order valence-corrected chi connectivity index (χ2v) is 12.6. The minimum atomic E-state index is -1.02. The number of ether oxygens (including phenoxy) is 2. The first-order valence-corrected chi connectivity index (χ1v) is 15.8. The van der Waals surface area contributed by atoms with E-state index in [1.54, 1.807) is 20.8 Å². The summed E-state index contributed by atoms with van der Waals surface area (Å²) in [6.45, 7) is 7.58. The molecule has 0 aromatic heterocycles. The third kappa shape index (κ3) is 11.9. The van der Waals surface area contributed by atoms with Crippen LogP contribution in [0.25, 0.3) is 0 Å². The number of anilines is 1.